The van der Waals surface area contributed by atoms with E-state index in [0.29, 0.717) is 43.7 Å². The zero-order valence-corrected chi connectivity index (χ0v) is 19.8. The SMILES string of the molecule is COC(=O)Nc1nn(C2(CC#N)CCN(Cc3ccc(-c4ccccc4)nc3F)CC2)cc1C(N)=O. The van der Waals surface area contributed by atoms with Crippen LogP contribution in [0.5, 0.6) is 0 Å². The van der Waals surface area contributed by atoms with Gasteiger partial charge in [-0.3, -0.25) is 19.7 Å². The second-order valence-corrected chi connectivity index (χ2v) is 8.66. The Morgan fingerprint density at radius 2 is 1.94 bits per heavy atom. The van der Waals surface area contributed by atoms with Gasteiger partial charge in [0.25, 0.3) is 5.91 Å². The maximum atomic E-state index is 14.8. The molecule has 11 heteroatoms. The standard InChI is InChI=1S/C25H26FN7O3/c1-36-24(35)30-23-19(22(28)34)16-33(31-23)25(9-12-27)10-13-32(14-11-25)15-18-7-8-20(29-21(18)26)17-5-3-2-4-6-17/h2-8,16H,9-11,13-15H2,1H3,(H2,28,34)(H,30,31,35). The number of carbonyl (C=O) groups excluding carboxylic acids is 2. The van der Waals surface area contributed by atoms with E-state index in [1.54, 1.807) is 6.07 Å². The summed E-state index contributed by atoms with van der Waals surface area (Å²) in [6, 6.07) is 15.2. The molecule has 3 N–H and O–H groups in total. The molecule has 0 unspecified atom stereocenters. The number of nitrogens with zero attached hydrogens (tertiary/aromatic N) is 5. The summed E-state index contributed by atoms with van der Waals surface area (Å²) in [5, 5.41) is 16.3. The van der Waals surface area contributed by atoms with Gasteiger partial charge in [-0.25, -0.2) is 9.78 Å². The second kappa shape index (κ2) is 10.5. The molecule has 4 rings (SSSR count). The summed E-state index contributed by atoms with van der Waals surface area (Å²) < 4.78 is 20.9. The number of primary amides is 1. The number of aromatic nitrogens is 3. The Labute approximate surface area is 207 Å². The minimum atomic E-state index is -0.791. The Bertz CT molecular complexity index is 1290. The van der Waals surface area contributed by atoms with Crippen molar-refractivity contribution in [2.24, 2.45) is 5.73 Å². The van der Waals surface area contributed by atoms with Gasteiger partial charge in [0.15, 0.2) is 5.82 Å². The molecule has 3 aromatic rings. The van der Waals surface area contributed by atoms with Gasteiger partial charge in [0.05, 0.1) is 30.8 Å². The maximum Gasteiger partial charge on any atom is 0.412 e. The first-order chi connectivity index (χ1) is 17.3. The molecule has 186 valence electrons. The molecule has 0 aliphatic carbocycles. The summed E-state index contributed by atoms with van der Waals surface area (Å²) in [6.07, 6.45) is 1.85. The second-order valence-electron chi connectivity index (χ2n) is 8.66. The van der Waals surface area contributed by atoms with E-state index in [9.17, 15) is 19.2 Å². The number of hydrogen-bond acceptors (Lipinski definition) is 7. The number of amides is 2. The zero-order valence-electron chi connectivity index (χ0n) is 19.8. The van der Waals surface area contributed by atoms with Crippen molar-refractivity contribution < 1.29 is 18.7 Å². The number of rotatable bonds is 7. The smallest absolute Gasteiger partial charge is 0.412 e. The number of hydrogen-bond donors (Lipinski definition) is 2. The van der Waals surface area contributed by atoms with Gasteiger partial charge in [0.2, 0.25) is 5.95 Å². The minimum absolute atomic E-state index is 0.0202. The number of nitrogens with one attached hydrogen (secondary N) is 1. The molecule has 2 aromatic heterocycles. The van der Waals surface area contributed by atoms with E-state index < -0.39 is 23.5 Å². The van der Waals surface area contributed by atoms with Crippen molar-refractivity contribution >= 4 is 17.8 Å². The molecule has 1 aliphatic heterocycles. The van der Waals surface area contributed by atoms with Crippen molar-refractivity contribution in [1.29, 1.82) is 5.26 Å². The molecule has 36 heavy (non-hydrogen) atoms. The third-order valence-corrected chi connectivity index (χ3v) is 6.46. The fourth-order valence-corrected chi connectivity index (χ4v) is 4.39. The zero-order chi connectivity index (χ0) is 25.7. The summed E-state index contributed by atoms with van der Waals surface area (Å²) in [5.74, 6) is -1.30. The van der Waals surface area contributed by atoms with Crippen molar-refractivity contribution in [3.63, 3.8) is 0 Å². The average molecular weight is 492 g/mol. The van der Waals surface area contributed by atoms with Crippen molar-refractivity contribution in [2.75, 3.05) is 25.5 Å². The molecule has 0 saturated carbocycles. The third kappa shape index (κ3) is 5.18. The Kier molecular flexibility index (Phi) is 7.26. The number of nitrogens with two attached hydrogens (primary N) is 1. The lowest BCUT2D eigenvalue weighted by Gasteiger charge is -2.40. The average Bonchev–Trinajstić information content (AvgIpc) is 3.32. The predicted octanol–water partition coefficient (Wildman–Crippen LogP) is 3.27. The number of anilines is 1. The van der Waals surface area contributed by atoms with Crippen LogP contribution in [-0.4, -0.2) is 51.9 Å². The number of nitriles is 1. The molecule has 1 fully saturated rings. The van der Waals surface area contributed by atoms with Gasteiger partial charge >= 0.3 is 6.09 Å². The highest BCUT2D eigenvalue weighted by Crippen LogP contribution is 2.35. The van der Waals surface area contributed by atoms with Crippen molar-refractivity contribution in [3.05, 3.63) is 65.7 Å². The van der Waals surface area contributed by atoms with Crippen LogP contribution in [0.15, 0.2) is 48.7 Å². The van der Waals surface area contributed by atoms with Gasteiger partial charge in [0, 0.05) is 37.0 Å². The van der Waals surface area contributed by atoms with Crippen LogP contribution in [0.2, 0.25) is 0 Å². The number of halogens is 1. The monoisotopic (exact) mass is 491 g/mol. The minimum Gasteiger partial charge on any atom is -0.453 e. The number of pyridine rings is 1. The van der Waals surface area contributed by atoms with E-state index in [4.69, 9.17) is 5.73 Å². The van der Waals surface area contributed by atoms with Crippen molar-refractivity contribution in [2.45, 2.75) is 31.3 Å². The molecule has 2 amide bonds. The van der Waals surface area contributed by atoms with Crippen LogP contribution in [0, 0.1) is 17.3 Å². The van der Waals surface area contributed by atoms with E-state index in [1.165, 1.54) is 18.0 Å². The van der Waals surface area contributed by atoms with Crippen LogP contribution in [0.25, 0.3) is 11.3 Å². The van der Waals surface area contributed by atoms with Crippen LogP contribution in [0.4, 0.5) is 15.0 Å². The summed E-state index contributed by atoms with van der Waals surface area (Å²) in [5.41, 5.74) is 6.68. The fraction of sp³-hybridized carbons (Fsp3) is 0.320. The number of likely N-dealkylation sites (tertiary alicyclic amines) is 1. The Hall–Kier alpha value is -4.30. The largest absolute Gasteiger partial charge is 0.453 e. The van der Waals surface area contributed by atoms with E-state index in [0.717, 1.165) is 5.56 Å². The van der Waals surface area contributed by atoms with Gasteiger partial charge < -0.3 is 10.5 Å². The highest BCUT2D eigenvalue weighted by Gasteiger charge is 2.38. The van der Waals surface area contributed by atoms with Crippen LogP contribution in [0.1, 0.15) is 35.2 Å². The topological polar surface area (TPSA) is 139 Å². The molecule has 1 aromatic carbocycles. The van der Waals surface area contributed by atoms with Crippen molar-refractivity contribution in [3.8, 4) is 17.3 Å². The van der Waals surface area contributed by atoms with Gasteiger partial charge in [-0.15, -0.1) is 0 Å². The number of piperidine rings is 1. The summed E-state index contributed by atoms with van der Waals surface area (Å²) in [7, 11) is 1.19. The molecular formula is C25H26FN7O3. The van der Waals surface area contributed by atoms with E-state index in [-0.39, 0.29) is 17.8 Å². The molecule has 0 radical (unpaired) electrons. The van der Waals surface area contributed by atoms with E-state index >= 15 is 0 Å². The highest BCUT2D eigenvalue weighted by atomic mass is 19.1. The quantitative estimate of drug-likeness (QED) is 0.484. The lowest BCUT2D eigenvalue weighted by atomic mass is 9.84. The molecule has 1 aliphatic rings. The van der Waals surface area contributed by atoms with E-state index in [1.807, 2.05) is 36.4 Å². The van der Waals surface area contributed by atoms with Crippen LogP contribution in [-0.2, 0) is 16.8 Å². The fourth-order valence-electron chi connectivity index (χ4n) is 4.39. The number of methoxy groups -OCH3 is 1. The molecular weight excluding hydrogens is 465 g/mol. The van der Waals surface area contributed by atoms with E-state index in [2.05, 4.69) is 31.1 Å². The number of carbonyl (C=O) groups is 2. The lowest BCUT2D eigenvalue weighted by molar-refractivity contribution is 0.0960. The first-order valence-corrected chi connectivity index (χ1v) is 11.4. The van der Waals surface area contributed by atoms with Crippen LogP contribution >= 0.6 is 0 Å². The molecule has 3 heterocycles. The van der Waals surface area contributed by atoms with Crippen LogP contribution < -0.4 is 11.1 Å². The van der Waals surface area contributed by atoms with Crippen LogP contribution in [0.3, 0.4) is 0 Å². The summed E-state index contributed by atoms with van der Waals surface area (Å²) >= 11 is 0. The molecule has 10 nitrogen and oxygen atoms in total. The first-order valence-electron chi connectivity index (χ1n) is 11.4. The summed E-state index contributed by atoms with van der Waals surface area (Å²) in [6.45, 7) is 1.50. The predicted molar refractivity (Wildman–Crippen MR) is 129 cm³/mol. The summed E-state index contributed by atoms with van der Waals surface area (Å²) in [4.78, 5) is 29.8. The lowest BCUT2D eigenvalue weighted by Crippen LogP contribution is -2.46. The number of ether oxygens (including phenoxy) is 1. The molecule has 0 spiro atoms. The van der Waals surface area contributed by atoms with Gasteiger partial charge in [-0.1, -0.05) is 36.4 Å². The molecule has 0 atom stereocenters. The van der Waals surface area contributed by atoms with Gasteiger partial charge in [-0.05, 0) is 18.9 Å². The highest BCUT2D eigenvalue weighted by molar-refractivity contribution is 6.00. The van der Waals surface area contributed by atoms with Crippen molar-refractivity contribution in [1.82, 2.24) is 19.7 Å². The van der Waals surface area contributed by atoms with Gasteiger partial charge in [-0.2, -0.15) is 14.8 Å². The normalized spacial score (nSPS) is 15.1. The number of benzene rings is 1. The third-order valence-electron chi connectivity index (χ3n) is 6.46. The maximum absolute atomic E-state index is 14.8. The first kappa shape index (κ1) is 24.8. The Balaban J connectivity index is 1.49. The Morgan fingerprint density at radius 3 is 2.56 bits per heavy atom. The molecule has 1 saturated heterocycles. The Morgan fingerprint density at radius 1 is 1.22 bits per heavy atom. The van der Waals surface area contributed by atoms with Gasteiger partial charge in [0.1, 0.15) is 5.56 Å². The molecule has 0 bridgehead atoms.